The number of anilines is 1. The maximum atomic E-state index is 12.3. The summed E-state index contributed by atoms with van der Waals surface area (Å²) in [4.78, 5) is 24.2. The van der Waals surface area contributed by atoms with Crippen molar-refractivity contribution in [2.45, 2.75) is 31.2 Å². The first-order valence-corrected chi connectivity index (χ1v) is 8.29. The van der Waals surface area contributed by atoms with Crippen molar-refractivity contribution in [2.75, 3.05) is 37.6 Å². The molecule has 0 bridgehead atoms. The Morgan fingerprint density at radius 1 is 1.30 bits per heavy atom. The molecule has 1 aliphatic carbocycles. The Bertz CT molecular complexity index is 570. The molecule has 1 aliphatic heterocycles. The second-order valence-electron chi connectivity index (χ2n) is 6.41. The lowest BCUT2D eigenvalue weighted by atomic mass is 10.00. The van der Waals surface area contributed by atoms with Crippen molar-refractivity contribution >= 4 is 11.9 Å². The minimum absolute atomic E-state index is 0.00661. The molecular formula is C16H23N6O+. The van der Waals surface area contributed by atoms with E-state index in [2.05, 4.69) is 26.3 Å². The second-order valence-corrected chi connectivity index (χ2v) is 6.41. The zero-order chi connectivity index (χ0) is 16.1. The van der Waals surface area contributed by atoms with Crippen LogP contribution in [0.5, 0.6) is 0 Å². The van der Waals surface area contributed by atoms with E-state index in [4.69, 9.17) is 0 Å². The van der Waals surface area contributed by atoms with E-state index in [1.54, 1.807) is 12.4 Å². The van der Waals surface area contributed by atoms with Crippen LogP contribution < -0.4 is 15.1 Å². The topological polar surface area (TPSA) is 86.4 Å². The molecule has 2 fully saturated rings. The fraction of sp³-hybridized carbons (Fsp3) is 0.625. The first-order chi connectivity index (χ1) is 11.2. The maximum absolute atomic E-state index is 12.3. The Labute approximate surface area is 136 Å². The average molecular weight is 315 g/mol. The molecule has 1 aromatic heterocycles. The fourth-order valence-corrected chi connectivity index (χ4v) is 3.44. The average Bonchev–Trinajstić information content (AvgIpc) is 3.05. The third-order valence-corrected chi connectivity index (χ3v) is 4.77. The third-order valence-electron chi connectivity index (χ3n) is 4.77. The molecular weight excluding hydrogens is 292 g/mol. The van der Waals surface area contributed by atoms with E-state index in [-0.39, 0.29) is 5.91 Å². The van der Waals surface area contributed by atoms with Crippen molar-refractivity contribution in [2.24, 2.45) is 0 Å². The van der Waals surface area contributed by atoms with Gasteiger partial charge >= 0.3 is 0 Å². The number of piperazine rings is 1. The van der Waals surface area contributed by atoms with Gasteiger partial charge in [-0.1, -0.05) is 0 Å². The van der Waals surface area contributed by atoms with Gasteiger partial charge in [0.05, 0.1) is 32.2 Å². The molecule has 7 heteroatoms. The second kappa shape index (κ2) is 6.92. The number of amides is 1. The van der Waals surface area contributed by atoms with Crippen LogP contribution in [-0.2, 0) is 4.79 Å². The lowest BCUT2D eigenvalue weighted by Gasteiger charge is -2.32. The molecule has 3 rings (SSSR count). The highest BCUT2D eigenvalue weighted by atomic mass is 16.2. The van der Waals surface area contributed by atoms with Gasteiger partial charge in [0.1, 0.15) is 5.54 Å². The molecule has 1 amide bonds. The van der Waals surface area contributed by atoms with Gasteiger partial charge in [-0.2, -0.15) is 5.26 Å². The van der Waals surface area contributed by atoms with Gasteiger partial charge in [0.25, 0.3) is 5.91 Å². The van der Waals surface area contributed by atoms with E-state index in [9.17, 15) is 10.1 Å². The van der Waals surface area contributed by atoms with Gasteiger partial charge in [-0.25, -0.2) is 9.97 Å². The van der Waals surface area contributed by atoms with Gasteiger partial charge in [-0.15, -0.1) is 0 Å². The number of carbonyl (C=O) groups excluding carboxylic acids is 1. The van der Waals surface area contributed by atoms with Crippen LogP contribution in [0.4, 0.5) is 5.95 Å². The van der Waals surface area contributed by atoms with E-state index in [1.807, 2.05) is 6.07 Å². The van der Waals surface area contributed by atoms with Gasteiger partial charge in [0, 0.05) is 12.4 Å². The SMILES string of the molecule is N#CC1(NC(=O)C[NH+]2CCN(c3ncccn3)CC2)CCCC1. The first-order valence-electron chi connectivity index (χ1n) is 8.29. The molecule has 2 N–H and O–H groups in total. The Morgan fingerprint density at radius 2 is 1.96 bits per heavy atom. The molecule has 0 unspecified atom stereocenters. The van der Waals surface area contributed by atoms with Crippen LogP contribution in [0.25, 0.3) is 0 Å². The molecule has 2 heterocycles. The van der Waals surface area contributed by atoms with Gasteiger partial charge in [-0.3, -0.25) is 4.79 Å². The third kappa shape index (κ3) is 3.77. The number of aromatic nitrogens is 2. The number of nitrogens with one attached hydrogen (secondary N) is 2. The fourth-order valence-electron chi connectivity index (χ4n) is 3.44. The summed E-state index contributed by atoms with van der Waals surface area (Å²) < 4.78 is 0. The lowest BCUT2D eigenvalue weighted by molar-refractivity contribution is -0.892. The molecule has 0 radical (unpaired) electrons. The van der Waals surface area contributed by atoms with E-state index < -0.39 is 5.54 Å². The molecule has 122 valence electrons. The highest BCUT2D eigenvalue weighted by Gasteiger charge is 2.36. The Morgan fingerprint density at radius 3 is 2.57 bits per heavy atom. The quantitative estimate of drug-likeness (QED) is 0.755. The van der Waals surface area contributed by atoms with E-state index >= 15 is 0 Å². The van der Waals surface area contributed by atoms with Crippen molar-refractivity contribution in [3.05, 3.63) is 18.5 Å². The van der Waals surface area contributed by atoms with E-state index in [1.165, 1.54) is 4.90 Å². The molecule has 0 spiro atoms. The molecule has 1 saturated heterocycles. The molecule has 7 nitrogen and oxygen atoms in total. The van der Waals surface area contributed by atoms with Crippen molar-refractivity contribution in [3.63, 3.8) is 0 Å². The van der Waals surface area contributed by atoms with Gasteiger partial charge in [-0.05, 0) is 31.7 Å². The maximum Gasteiger partial charge on any atom is 0.276 e. The van der Waals surface area contributed by atoms with Crippen LogP contribution in [-0.4, -0.2) is 54.1 Å². The van der Waals surface area contributed by atoms with Crippen molar-refractivity contribution in [3.8, 4) is 6.07 Å². The zero-order valence-corrected chi connectivity index (χ0v) is 13.3. The van der Waals surface area contributed by atoms with Crippen LogP contribution in [0.3, 0.4) is 0 Å². The summed E-state index contributed by atoms with van der Waals surface area (Å²) in [7, 11) is 0. The number of rotatable bonds is 4. The van der Waals surface area contributed by atoms with Crippen LogP contribution in [0, 0.1) is 11.3 Å². The van der Waals surface area contributed by atoms with Gasteiger partial charge < -0.3 is 15.1 Å². The van der Waals surface area contributed by atoms with Crippen LogP contribution in [0.2, 0.25) is 0 Å². The predicted molar refractivity (Wildman–Crippen MR) is 84.8 cm³/mol. The number of nitrogens with zero attached hydrogens (tertiary/aromatic N) is 4. The molecule has 23 heavy (non-hydrogen) atoms. The lowest BCUT2D eigenvalue weighted by Crippen LogP contribution is -3.16. The number of hydrogen-bond donors (Lipinski definition) is 2. The number of nitriles is 1. The normalized spacial score (nSPS) is 20.9. The Balaban J connectivity index is 1.47. The summed E-state index contributed by atoms with van der Waals surface area (Å²) in [5, 5.41) is 12.3. The Hall–Kier alpha value is -2.20. The number of quaternary nitrogens is 1. The van der Waals surface area contributed by atoms with Crippen LogP contribution >= 0.6 is 0 Å². The highest BCUT2D eigenvalue weighted by molar-refractivity contribution is 5.78. The molecule has 1 saturated carbocycles. The predicted octanol–water partition coefficient (Wildman–Crippen LogP) is -0.866. The monoisotopic (exact) mass is 315 g/mol. The van der Waals surface area contributed by atoms with Crippen molar-refractivity contribution in [1.29, 1.82) is 5.26 Å². The number of carbonyl (C=O) groups is 1. The molecule has 2 aliphatic rings. The van der Waals surface area contributed by atoms with Crippen LogP contribution in [0.1, 0.15) is 25.7 Å². The highest BCUT2D eigenvalue weighted by Crippen LogP contribution is 2.28. The standard InChI is InChI=1S/C16H22N6O/c17-13-16(4-1-2-5-16)20-14(23)12-21-8-10-22(11-9-21)15-18-6-3-7-19-15/h3,6-7H,1-2,4-5,8-12H2,(H,20,23)/p+1. The van der Waals surface area contributed by atoms with Crippen molar-refractivity contribution < 1.29 is 9.69 Å². The largest absolute Gasteiger partial charge is 0.333 e. The van der Waals surface area contributed by atoms with Crippen molar-refractivity contribution in [1.82, 2.24) is 15.3 Å². The smallest absolute Gasteiger partial charge is 0.276 e. The molecule has 0 atom stereocenters. The summed E-state index contributed by atoms with van der Waals surface area (Å²) in [5.74, 6) is 0.748. The first kappa shape index (κ1) is 15.7. The minimum atomic E-state index is -0.615. The van der Waals surface area contributed by atoms with Gasteiger partial charge in [0.15, 0.2) is 6.54 Å². The Kier molecular flexibility index (Phi) is 4.72. The molecule has 1 aromatic rings. The minimum Gasteiger partial charge on any atom is -0.333 e. The molecule has 0 aromatic carbocycles. The zero-order valence-electron chi connectivity index (χ0n) is 13.3. The van der Waals surface area contributed by atoms with E-state index in [0.29, 0.717) is 6.54 Å². The van der Waals surface area contributed by atoms with Crippen LogP contribution in [0.15, 0.2) is 18.5 Å². The number of hydrogen-bond acceptors (Lipinski definition) is 5. The summed E-state index contributed by atoms with van der Waals surface area (Å²) >= 11 is 0. The van der Waals surface area contributed by atoms with E-state index in [0.717, 1.165) is 57.8 Å². The summed E-state index contributed by atoms with van der Waals surface area (Å²) in [6, 6.07) is 4.12. The van der Waals surface area contributed by atoms with Gasteiger partial charge in [0.2, 0.25) is 5.95 Å². The summed E-state index contributed by atoms with van der Waals surface area (Å²) in [6.07, 6.45) is 7.11. The summed E-state index contributed by atoms with van der Waals surface area (Å²) in [5.41, 5.74) is -0.615. The summed E-state index contributed by atoms with van der Waals surface area (Å²) in [6.45, 7) is 3.88.